The Balaban J connectivity index is 1.24. The van der Waals surface area contributed by atoms with E-state index in [-0.39, 0.29) is 23.4 Å². The fraction of sp³-hybridized carbons (Fsp3) is 0.517. The predicted octanol–water partition coefficient (Wildman–Crippen LogP) is 6.30. The number of likely N-dealkylation sites (tertiary alicyclic amines) is 1. The molecule has 0 radical (unpaired) electrons. The second-order valence-corrected chi connectivity index (χ2v) is 11.6. The van der Waals surface area contributed by atoms with E-state index in [2.05, 4.69) is 17.1 Å². The van der Waals surface area contributed by atoms with Crippen LogP contribution in [0.4, 0.5) is 4.39 Å². The zero-order chi connectivity index (χ0) is 26.8. The van der Waals surface area contributed by atoms with Crippen LogP contribution in [0, 0.1) is 11.7 Å². The van der Waals surface area contributed by atoms with E-state index in [0.717, 1.165) is 56.3 Å². The number of ether oxygens (including phenoxy) is 2. The van der Waals surface area contributed by atoms with Crippen LogP contribution in [0.5, 0.6) is 5.75 Å². The maximum absolute atomic E-state index is 15.0. The Labute approximate surface area is 232 Å². The molecular formula is C29H33Cl2FN2O4. The van der Waals surface area contributed by atoms with Gasteiger partial charge in [0, 0.05) is 34.6 Å². The van der Waals surface area contributed by atoms with Crippen molar-refractivity contribution in [1.82, 2.24) is 10.2 Å². The maximum Gasteiger partial charge on any atom is 0.348 e. The summed E-state index contributed by atoms with van der Waals surface area (Å²) in [4.78, 5) is 27.3. The van der Waals surface area contributed by atoms with Crippen molar-refractivity contribution in [2.45, 2.75) is 63.5 Å². The van der Waals surface area contributed by atoms with Gasteiger partial charge in [-0.15, -0.1) is 0 Å². The lowest BCUT2D eigenvalue weighted by Crippen LogP contribution is -2.39. The van der Waals surface area contributed by atoms with Gasteiger partial charge in [0.2, 0.25) is 0 Å². The minimum absolute atomic E-state index is 0.154. The first kappa shape index (κ1) is 27.4. The van der Waals surface area contributed by atoms with Gasteiger partial charge in [0.05, 0.1) is 12.2 Å². The van der Waals surface area contributed by atoms with Crippen molar-refractivity contribution in [3.05, 3.63) is 62.9 Å². The van der Waals surface area contributed by atoms with E-state index in [1.54, 1.807) is 6.07 Å². The highest BCUT2D eigenvalue weighted by molar-refractivity contribution is 6.34. The molecule has 1 aliphatic carbocycles. The molecule has 38 heavy (non-hydrogen) atoms. The van der Waals surface area contributed by atoms with Crippen LogP contribution in [0.25, 0.3) is 0 Å². The van der Waals surface area contributed by atoms with Crippen molar-refractivity contribution in [3.63, 3.8) is 0 Å². The van der Waals surface area contributed by atoms with Crippen molar-refractivity contribution in [3.8, 4) is 5.75 Å². The number of halogens is 3. The highest BCUT2D eigenvalue weighted by Crippen LogP contribution is 2.45. The molecule has 9 heteroatoms. The number of nitrogens with zero attached hydrogens (tertiary/aromatic N) is 1. The fourth-order valence-corrected chi connectivity index (χ4v) is 6.03. The number of esters is 2. The smallest absolute Gasteiger partial charge is 0.348 e. The maximum atomic E-state index is 15.0. The zero-order valence-electron chi connectivity index (χ0n) is 21.5. The second-order valence-electron chi connectivity index (χ2n) is 10.7. The van der Waals surface area contributed by atoms with Gasteiger partial charge in [-0.2, -0.15) is 0 Å². The zero-order valence-corrected chi connectivity index (χ0v) is 23.0. The summed E-state index contributed by atoms with van der Waals surface area (Å²) in [6.45, 7) is 5.11. The number of rotatable bonds is 8. The molecule has 2 saturated heterocycles. The first-order valence-corrected chi connectivity index (χ1v) is 14.2. The predicted molar refractivity (Wildman–Crippen MR) is 144 cm³/mol. The molecule has 0 amide bonds. The van der Waals surface area contributed by atoms with E-state index >= 15 is 4.39 Å². The molecule has 5 rings (SSSR count). The van der Waals surface area contributed by atoms with Crippen molar-refractivity contribution in [1.29, 1.82) is 0 Å². The Kier molecular flexibility index (Phi) is 8.58. The molecule has 2 aromatic rings. The Bertz CT molecular complexity index is 1180. The molecule has 6 nitrogen and oxygen atoms in total. The van der Waals surface area contributed by atoms with E-state index in [1.165, 1.54) is 12.1 Å². The third-order valence-corrected chi connectivity index (χ3v) is 8.25. The van der Waals surface area contributed by atoms with Crippen molar-refractivity contribution >= 4 is 35.1 Å². The van der Waals surface area contributed by atoms with E-state index in [9.17, 15) is 9.59 Å². The molecule has 0 aromatic heterocycles. The summed E-state index contributed by atoms with van der Waals surface area (Å²) in [5, 5.41) is 4.24. The molecule has 204 valence electrons. The van der Waals surface area contributed by atoms with Crippen LogP contribution in [-0.2, 0) is 9.53 Å². The average molecular weight is 563 g/mol. The van der Waals surface area contributed by atoms with E-state index in [1.807, 2.05) is 12.1 Å². The van der Waals surface area contributed by atoms with Crippen molar-refractivity contribution in [2.75, 3.05) is 26.2 Å². The Morgan fingerprint density at radius 2 is 1.84 bits per heavy atom. The first-order valence-electron chi connectivity index (χ1n) is 13.4. The summed E-state index contributed by atoms with van der Waals surface area (Å²) in [6.07, 6.45) is 5.41. The number of carbonyl (C=O) groups excluding carboxylic acids is 2. The molecule has 2 aliphatic heterocycles. The van der Waals surface area contributed by atoms with Gasteiger partial charge in [0.1, 0.15) is 17.6 Å². The van der Waals surface area contributed by atoms with Crippen LogP contribution in [0.1, 0.15) is 78.9 Å². The second kappa shape index (κ2) is 11.9. The SMILES string of the molecule is C[C@@H](c1cc(Cl)cc(Cl)c1)N1CCCC(COc2cc(F)c(C(=O)OC(=O)[C@@H]3CCCN3)cc2C2CC2)C1. The minimum Gasteiger partial charge on any atom is -0.493 e. The quantitative estimate of drug-likeness (QED) is 0.301. The highest BCUT2D eigenvalue weighted by atomic mass is 35.5. The lowest BCUT2D eigenvalue weighted by molar-refractivity contribution is -0.139. The summed E-state index contributed by atoms with van der Waals surface area (Å²) in [6, 6.07) is 8.07. The normalized spacial score (nSPS) is 22.7. The monoisotopic (exact) mass is 562 g/mol. The molecule has 3 atom stereocenters. The molecule has 0 bridgehead atoms. The van der Waals surface area contributed by atoms with Gasteiger partial charge in [-0.1, -0.05) is 23.2 Å². The lowest BCUT2D eigenvalue weighted by atomic mass is 9.95. The van der Waals surface area contributed by atoms with Gasteiger partial charge >= 0.3 is 11.9 Å². The van der Waals surface area contributed by atoms with E-state index in [0.29, 0.717) is 35.4 Å². The largest absolute Gasteiger partial charge is 0.493 e. The molecule has 1 unspecified atom stereocenters. The molecule has 3 fully saturated rings. The molecule has 0 spiro atoms. The first-order chi connectivity index (χ1) is 18.3. The number of hydrogen-bond acceptors (Lipinski definition) is 6. The third kappa shape index (κ3) is 6.50. The fourth-order valence-electron chi connectivity index (χ4n) is 5.49. The van der Waals surface area contributed by atoms with Crippen LogP contribution in [0.15, 0.2) is 30.3 Å². The van der Waals surface area contributed by atoms with Gasteiger partial charge < -0.3 is 14.8 Å². The topological polar surface area (TPSA) is 67.9 Å². The molecule has 1 saturated carbocycles. The number of benzene rings is 2. The Hall–Kier alpha value is -2.19. The van der Waals surface area contributed by atoms with Crippen molar-refractivity contribution in [2.24, 2.45) is 5.92 Å². The Morgan fingerprint density at radius 1 is 1.08 bits per heavy atom. The average Bonchev–Trinajstić information content (AvgIpc) is 3.58. The summed E-state index contributed by atoms with van der Waals surface area (Å²) in [5.41, 5.74) is 1.66. The third-order valence-electron chi connectivity index (χ3n) is 7.81. The van der Waals surface area contributed by atoms with Crippen LogP contribution >= 0.6 is 23.2 Å². The number of hydrogen-bond donors (Lipinski definition) is 1. The van der Waals surface area contributed by atoms with Crippen LogP contribution < -0.4 is 10.1 Å². The molecular weight excluding hydrogens is 530 g/mol. The standard InChI is InChI=1S/C29H33Cl2FN2O4/c1-17(20-10-21(30)12-22(31)11-20)34-9-3-4-18(15-34)16-37-27-14-25(32)24(13-23(27)19-6-7-19)28(35)38-29(36)26-5-2-8-33-26/h10-14,17-19,26,33H,2-9,15-16H2,1H3/t17-,18?,26-/m0/s1. The summed E-state index contributed by atoms with van der Waals surface area (Å²) in [5.74, 6) is -1.38. The van der Waals surface area contributed by atoms with Crippen LogP contribution in [-0.4, -0.2) is 49.1 Å². The van der Waals surface area contributed by atoms with Gasteiger partial charge in [0.15, 0.2) is 0 Å². The van der Waals surface area contributed by atoms with E-state index < -0.39 is 23.8 Å². The molecule has 1 N–H and O–H groups in total. The van der Waals surface area contributed by atoms with Crippen molar-refractivity contribution < 1.29 is 23.5 Å². The van der Waals surface area contributed by atoms with Crippen LogP contribution in [0.3, 0.4) is 0 Å². The van der Waals surface area contributed by atoms with E-state index in [4.69, 9.17) is 32.7 Å². The number of nitrogens with one attached hydrogen (secondary N) is 1. The van der Waals surface area contributed by atoms with Gasteiger partial charge in [0.25, 0.3) is 0 Å². The van der Waals surface area contributed by atoms with Gasteiger partial charge in [-0.05, 0) is 99.8 Å². The highest BCUT2D eigenvalue weighted by Gasteiger charge is 2.32. The van der Waals surface area contributed by atoms with Gasteiger partial charge in [-0.25, -0.2) is 14.0 Å². The molecule has 2 heterocycles. The minimum atomic E-state index is -0.951. The number of piperidine rings is 1. The molecule has 3 aliphatic rings. The lowest BCUT2D eigenvalue weighted by Gasteiger charge is -2.37. The van der Waals surface area contributed by atoms with Crippen LogP contribution in [0.2, 0.25) is 10.0 Å². The molecule has 2 aromatic carbocycles. The summed E-state index contributed by atoms with van der Waals surface area (Å²) >= 11 is 12.4. The number of carbonyl (C=O) groups is 2. The summed E-state index contributed by atoms with van der Waals surface area (Å²) in [7, 11) is 0. The Morgan fingerprint density at radius 3 is 2.53 bits per heavy atom. The van der Waals surface area contributed by atoms with Gasteiger partial charge in [-0.3, -0.25) is 4.90 Å². The summed E-state index contributed by atoms with van der Waals surface area (Å²) < 4.78 is 26.2.